The predicted molar refractivity (Wildman–Crippen MR) is 88.2 cm³/mol. The highest BCUT2D eigenvalue weighted by Crippen LogP contribution is 2.14. The minimum atomic E-state index is 0.314. The molecule has 1 aliphatic heterocycles. The van der Waals surface area contributed by atoms with Crippen LogP contribution in [-0.2, 0) is 11.3 Å². The van der Waals surface area contributed by atoms with Crippen LogP contribution in [0.1, 0.15) is 31.7 Å². The van der Waals surface area contributed by atoms with Crippen LogP contribution in [0.4, 0.5) is 0 Å². The summed E-state index contributed by atoms with van der Waals surface area (Å²) in [5.74, 6) is 0.868. The zero-order chi connectivity index (χ0) is 15.1. The highest BCUT2D eigenvalue weighted by molar-refractivity contribution is 7.07. The van der Waals surface area contributed by atoms with Crippen LogP contribution in [0.25, 0.3) is 0 Å². The van der Waals surface area contributed by atoms with E-state index in [0.717, 1.165) is 52.1 Å². The summed E-state index contributed by atoms with van der Waals surface area (Å²) in [6, 6.07) is 2.18. The summed E-state index contributed by atoms with van der Waals surface area (Å²) in [6.07, 6.45) is 2.65. The van der Waals surface area contributed by atoms with Gasteiger partial charge in [0.2, 0.25) is 5.91 Å². The van der Waals surface area contributed by atoms with Crippen LogP contribution in [0.3, 0.4) is 0 Å². The maximum Gasteiger partial charge on any atom is 0.222 e. The number of thiophene rings is 1. The van der Waals surface area contributed by atoms with Gasteiger partial charge >= 0.3 is 0 Å². The first-order chi connectivity index (χ1) is 10.2. The van der Waals surface area contributed by atoms with Crippen molar-refractivity contribution >= 4 is 17.2 Å². The summed E-state index contributed by atoms with van der Waals surface area (Å²) in [4.78, 5) is 16.7. The Labute approximate surface area is 131 Å². The van der Waals surface area contributed by atoms with Gasteiger partial charge < -0.3 is 10.6 Å². The van der Waals surface area contributed by atoms with Gasteiger partial charge in [0, 0.05) is 39.1 Å². The number of amides is 1. The lowest BCUT2D eigenvalue weighted by molar-refractivity contribution is -0.133. The van der Waals surface area contributed by atoms with Crippen LogP contribution >= 0.6 is 11.3 Å². The van der Waals surface area contributed by atoms with Gasteiger partial charge in [-0.15, -0.1) is 0 Å². The average Bonchev–Trinajstić information content (AvgIpc) is 2.99. The number of carbonyl (C=O) groups is 1. The molecule has 1 amide bonds. The molecule has 2 rings (SSSR count). The van der Waals surface area contributed by atoms with E-state index in [1.807, 2.05) is 4.90 Å². The molecule has 1 fully saturated rings. The van der Waals surface area contributed by atoms with E-state index in [1.165, 1.54) is 5.56 Å². The molecule has 0 aromatic carbocycles. The number of nitrogens with two attached hydrogens (primary N) is 1. The monoisotopic (exact) mass is 309 g/mol. The third-order valence-electron chi connectivity index (χ3n) is 4.22. The molecule has 0 bridgehead atoms. The molecule has 4 nitrogen and oxygen atoms in total. The normalized spacial score (nSPS) is 17.9. The summed E-state index contributed by atoms with van der Waals surface area (Å²) in [6.45, 7) is 7.62. The summed E-state index contributed by atoms with van der Waals surface area (Å²) in [5, 5.41) is 4.33. The molecule has 2 N–H and O–H groups in total. The first-order valence-electron chi connectivity index (χ1n) is 7.90. The smallest absolute Gasteiger partial charge is 0.222 e. The van der Waals surface area contributed by atoms with Gasteiger partial charge in [-0.25, -0.2) is 0 Å². The minimum absolute atomic E-state index is 0.314. The summed E-state index contributed by atoms with van der Waals surface area (Å²) in [7, 11) is 0. The first-order valence-corrected chi connectivity index (χ1v) is 8.84. The largest absolute Gasteiger partial charge is 0.340 e. The van der Waals surface area contributed by atoms with Crippen molar-refractivity contribution in [3.05, 3.63) is 22.4 Å². The van der Waals surface area contributed by atoms with Gasteiger partial charge in [0.1, 0.15) is 0 Å². The summed E-state index contributed by atoms with van der Waals surface area (Å²) >= 11 is 1.75. The first kappa shape index (κ1) is 16.5. The second-order valence-electron chi connectivity index (χ2n) is 6.01. The molecule has 0 aliphatic carbocycles. The Morgan fingerprint density at radius 2 is 2.10 bits per heavy atom. The maximum atomic E-state index is 12.2. The molecule has 118 valence electrons. The van der Waals surface area contributed by atoms with Gasteiger partial charge in [-0.05, 0) is 47.7 Å². The Balaban J connectivity index is 1.67. The molecule has 1 aliphatic rings. The Hall–Kier alpha value is -0.910. The van der Waals surface area contributed by atoms with Crippen LogP contribution in [0.2, 0.25) is 0 Å². The fourth-order valence-electron chi connectivity index (χ4n) is 2.75. The number of carbonyl (C=O) groups excluding carboxylic acids is 1. The van der Waals surface area contributed by atoms with E-state index in [4.69, 9.17) is 5.73 Å². The highest BCUT2D eigenvalue weighted by Gasteiger charge is 2.21. The Morgan fingerprint density at radius 1 is 1.33 bits per heavy atom. The van der Waals surface area contributed by atoms with Crippen molar-refractivity contribution in [1.29, 1.82) is 0 Å². The van der Waals surface area contributed by atoms with Crippen molar-refractivity contribution in [2.45, 2.75) is 32.7 Å². The fourth-order valence-corrected chi connectivity index (χ4v) is 3.41. The van der Waals surface area contributed by atoms with E-state index in [2.05, 4.69) is 28.7 Å². The van der Waals surface area contributed by atoms with Gasteiger partial charge in [0.15, 0.2) is 0 Å². The van der Waals surface area contributed by atoms with Crippen molar-refractivity contribution in [2.24, 2.45) is 11.7 Å². The fraction of sp³-hybridized carbons (Fsp3) is 0.688. The van der Waals surface area contributed by atoms with Gasteiger partial charge in [0.25, 0.3) is 0 Å². The average molecular weight is 309 g/mol. The number of nitrogens with zero attached hydrogens (tertiary/aromatic N) is 2. The van der Waals surface area contributed by atoms with E-state index < -0.39 is 0 Å². The third-order valence-corrected chi connectivity index (χ3v) is 4.95. The number of rotatable bonds is 7. The molecule has 0 radical (unpaired) electrons. The molecule has 2 heterocycles. The van der Waals surface area contributed by atoms with Crippen LogP contribution in [0, 0.1) is 5.92 Å². The molecule has 1 unspecified atom stereocenters. The van der Waals surface area contributed by atoms with Crippen LogP contribution in [0.15, 0.2) is 16.8 Å². The molecule has 1 saturated heterocycles. The summed E-state index contributed by atoms with van der Waals surface area (Å²) in [5.41, 5.74) is 6.93. The lowest BCUT2D eigenvalue weighted by atomic mass is 10.0. The van der Waals surface area contributed by atoms with Crippen LogP contribution in [0.5, 0.6) is 0 Å². The SMILES string of the molecule is CC(CCN)CCC(=O)N1CCN(Cc2ccsc2)CC1. The van der Waals surface area contributed by atoms with Gasteiger partial charge in [0.05, 0.1) is 0 Å². The van der Waals surface area contributed by atoms with E-state index in [-0.39, 0.29) is 0 Å². The topological polar surface area (TPSA) is 49.6 Å². The van der Waals surface area contributed by atoms with Gasteiger partial charge in [-0.2, -0.15) is 11.3 Å². The molecular weight excluding hydrogens is 282 g/mol. The molecular formula is C16H27N3OS. The molecule has 0 saturated carbocycles. The number of hydrogen-bond acceptors (Lipinski definition) is 4. The van der Waals surface area contributed by atoms with Crippen LogP contribution < -0.4 is 5.73 Å². The van der Waals surface area contributed by atoms with Gasteiger partial charge in [-0.3, -0.25) is 9.69 Å². The lowest BCUT2D eigenvalue weighted by Gasteiger charge is -2.34. The molecule has 1 aromatic rings. The summed E-state index contributed by atoms with van der Waals surface area (Å²) < 4.78 is 0. The van der Waals surface area contributed by atoms with Gasteiger partial charge in [-0.1, -0.05) is 6.92 Å². The van der Waals surface area contributed by atoms with Crippen LogP contribution in [-0.4, -0.2) is 48.4 Å². The Morgan fingerprint density at radius 3 is 2.71 bits per heavy atom. The predicted octanol–water partition coefficient (Wildman–Crippen LogP) is 2.16. The Kier molecular flexibility index (Phi) is 6.67. The highest BCUT2D eigenvalue weighted by atomic mass is 32.1. The van der Waals surface area contributed by atoms with Crippen molar-refractivity contribution in [1.82, 2.24) is 9.80 Å². The standard InChI is InChI=1S/C16H27N3OS/c1-14(4-6-17)2-3-16(20)19-9-7-18(8-10-19)12-15-5-11-21-13-15/h5,11,13-14H,2-4,6-10,12,17H2,1H3. The minimum Gasteiger partial charge on any atom is -0.340 e. The molecule has 0 spiro atoms. The third kappa shape index (κ3) is 5.41. The van der Waals surface area contributed by atoms with Crippen molar-refractivity contribution < 1.29 is 4.79 Å². The second-order valence-corrected chi connectivity index (χ2v) is 6.79. The van der Waals surface area contributed by atoms with Crippen molar-refractivity contribution in [2.75, 3.05) is 32.7 Å². The molecule has 1 aromatic heterocycles. The quantitative estimate of drug-likeness (QED) is 0.839. The Bertz CT molecular complexity index is 413. The zero-order valence-corrected chi connectivity index (χ0v) is 13.8. The molecule has 21 heavy (non-hydrogen) atoms. The molecule has 5 heteroatoms. The lowest BCUT2D eigenvalue weighted by Crippen LogP contribution is -2.48. The molecule has 1 atom stereocenters. The number of piperazine rings is 1. The van der Waals surface area contributed by atoms with E-state index in [1.54, 1.807) is 11.3 Å². The number of hydrogen-bond donors (Lipinski definition) is 1. The zero-order valence-electron chi connectivity index (χ0n) is 13.0. The second kappa shape index (κ2) is 8.51. The maximum absolute atomic E-state index is 12.2. The van der Waals surface area contributed by atoms with E-state index in [0.29, 0.717) is 18.2 Å². The van der Waals surface area contributed by atoms with Crippen molar-refractivity contribution in [3.8, 4) is 0 Å². The van der Waals surface area contributed by atoms with E-state index >= 15 is 0 Å². The van der Waals surface area contributed by atoms with Crippen molar-refractivity contribution in [3.63, 3.8) is 0 Å². The van der Waals surface area contributed by atoms with E-state index in [9.17, 15) is 4.79 Å².